The summed E-state index contributed by atoms with van der Waals surface area (Å²) in [6.45, 7) is 4.64. The number of piperazine rings is 1. The minimum Gasteiger partial charge on any atom is -0.449 e. The fourth-order valence-corrected chi connectivity index (χ4v) is 4.07. The number of anilines is 1. The highest BCUT2D eigenvalue weighted by molar-refractivity contribution is 5.85. The molecule has 29 heavy (non-hydrogen) atoms. The number of halogens is 1. The lowest BCUT2D eigenvalue weighted by Crippen LogP contribution is -2.52. The van der Waals surface area contributed by atoms with Crippen molar-refractivity contribution >= 4 is 22.7 Å². The molecule has 8 nitrogen and oxygen atoms in total. The first kappa shape index (κ1) is 19.7. The lowest BCUT2D eigenvalue weighted by atomic mass is 10.1. The summed E-state index contributed by atoms with van der Waals surface area (Å²) in [4.78, 5) is 27.7. The summed E-state index contributed by atoms with van der Waals surface area (Å²) in [7, 11) is 0. The Morgan fingerprint density at radius 3 is 2.69 bits per heavy atom. The summed E-state index contributed by atoms with van der Waals surface area (Å²) in [6, 6.07) is 3.17. The zero-order valence-corrected chi connectivity index (χ0v) is 16.2. The van der Waals surface area contributed by atoms with Crippen molar-refractivity contribution < 1.29 is 24.1 Å². The highest BCUT2D eigenvalue weighted by atomic mass is 19.1. The molecule has 1 unspecified atom stereocenters. The molecule has 9 heteroatoms. The van der Waals surface area contributed by atoms with E-state index >= 15 is 0 Å². The second kappa shape index (κ2) is 7.64. The second-order valence-corrected chi connectivity index (χ2v) is 7.70. The van der Waals surface area contributed by atoms with Gasteiger partial charge in [0.05, 0.1) is 29.4 Å². The van der Waals surface area contributed by atoms with Crippen LogP contribution in [0.1, 0.15) is 25.8 Å². The number of pyridine rings is 1. The molecule has 1 aromatic heterocycles. The molecule has 1 atom stereocenters. The van der Waals surface area contributed by atoms with Gasteiger partial charge < -0.3 is 24.4 Å². The van der Waals surface area contributed by atoms with Gasteiger partial charge >= 0.3 is 6.16 Å². The molecule has 1 aromatic carbocycles. The van der Waals surface area contributed by atoms with Crippen molar-refractivity contribution in [2.24, 2.45) is 0 Å². The first-order valence-corrected chi connectivity index (χ1v) is 9.78. The van der Waals surface area contributed by atoms with Crippen LogP contribution in [0.15, 0.2) is 23.1 Å². The molecule has 1 aliphatic carbocycles. The third kappa shape index (κ3) is 3.79. The van der Waals surface area contributed by atoms with Crippen LogP contribution in [0.4, 0.5) is 14.9 Å². The lowest BCUT2D eigenvalue weighted by Gasteiger charge is -2.40. The molecular weight excluding hydrogens is 381 g/mol. The molecule has 0 amide bonds. The van der Waals surface area contributed by atoms with Crippen LogP contribution in [-0.4, -0.2) is 64.7 Å². The van der Waals surface area contributed by atoms with Crippen LogP contribution in [0.5, 0.6) is 5.75 Å². The van der Waals surface area contributed by atoms with Crippen LogP contribution >= 0.6 is 0 Å². The Balaban J connectivity index is 1.76. The van der Waals surface area contributed by atoms with Gasteiger partial charge in [-0.1, -0.05) is 0 Å². The van der Waals surface area contributed by atoms with Crippen LogP contribution in [0.25, 0.3) is 10.9 Å². The zero-order chi connectivity index (χ0) is 20.7. The maximum absolute atomic E-state index is 15.0. The van der Waals surface area contributed by atoms with E-state index < -0.39 is 17.4 Å². The number of nitrogens with zero attached hydrogens (tertiary/aromatic N) is 3. The molecule has 0 spiro atoms. The maximum Gasteiger partial charge on any atom is 0.511 e. The van der Waals surface area contributed by atoms with Crippen molar-refractivity contribution in [3.63, 3.8) is 0 Å². The third-order valence-electron chi connectivity index (χ3n) is 5.70. The van der Waals surface area contributed by atoms with E-state index in [1.807, 2.05) is 16.4 Å². The summed E-state index contributed by atoms with van der Waals surface area (Å²) in [5.74, 6) is -0.831. The molecule has 4 rings (SSSR count). The molecule has 1 aliphatic heterocycles. The number of carbonyl (C=O) groups is 1. The van der Waals surface area contributed by atoms with Crippen LogP contribution in [0, 0.1) is 5.82 Å². The molecule has 1 saturated carbocycles. The number of aliphatic hydroxyl groups is 1. The Bertz CT molecular complexity index is 1000. The quantitative estimate of drug-likeness (QED) is 0.735. The Morgan fingerprint density at radius 2 is 2.07 bits per heavy atom. The number of fused-ring (bicyclic) bond motifs is 1. The van der Waals surface area contributed by atoms with Gasteiger partial charge in [-0.05, 0) is 31.9 Å². The Kier molecular flexibility index (Phi) is 5.18. The Hall–Kier alpha value is -2.65. The number of ether oxygens (including phenoxy) is 1. The number of rotatable bonds is 5. The molecule has 1 saturated heterocycles. The van der Waals surface area contributed by atoms with E-state index in [4.69, 9.17) is 5.11 Å². The minimum absolute atomic E-state index is 0.0864. The van der Waals surface area contributed by atoms with E-state index in [1.165, 1.54) is 12.3 Å². The van der Waals surface area contributed by atoms with Gasteiger partial charge in [0.2, 0.25) is 5.43 Å². The van der Waals surface area contributed by atoms with Crippen molar-refractivity contribution in [3.05, 3.63) is 34.4 Å². The molecule has 2 N–H and O–H groups in total. The zero-order valence-electron chi connectivity index (χ0n) is 16.2. The van der Waals surface area contributed by atoms with Crippen molar-refractivity contribution in [3.8, 4) is 5.75 Å². The summed E-state index contributed by atoms with van der Waals surface area (Å²) >= 11 is 0. The molecule has 2 heterocycles. The van der Waals surface area contributed by atoms with Crippen LogP contribution in [-0.2, 0) is 0 Å². The number of aliphatic hydroxyl groups excluding tert-OH is 1. The van der Waals surface area contributed by atoms with Gasteiger partial charge in [0.1, 0.15) is 5.82 Å². The van der Waals surface area contributed by atoms with Crippen molar-refractivity contribution in [2.45, 2.75) is 31.8 Å². The molecule has 0 radical (unpaired) electrons. The number of carboxylic acid groups (broad SMARTS) is 1. The summed E-state index contributed by atoms with van der Waals surface area (Å²) < 4.78 is 21.5. The van der Waals surface area contributed by atoms with Gasteiger partial charge in [-0.3, -0.25) is 9.69 Å². The van der Waals surface area contributed by atoms with Crippen molar-refractivity contribution in [1.82, 2.24) is 9.47 Å². The highest BCUT2D eigenvalue weighted by Crippen LogP contribution is 2.39. The van der Waals surface area contributed by atoms with Gasteiger partial charge in [-0.25, -0.2) is 9.18 Å². The monoisotopic (exact) mass is 405 g/mol. The summed E-state index contributed by atoms with van der Waals surface area (Å²) in [5, 5.41) is 18.2. The van der Waals surface area contributed by atoms with Crippen molar-refractivity contribution in [1.29, 1.82) is 0 Å². The van der Waals surface area contributed by atoms with Gasteiger partial charge in [0, 0.05) is 38.3 Å². The van der Waals surface area contributed by atoms with Crippen LogP contribution in [0.2, 0.25) is 0 Å². The largest absolute Gasteiger partial charge is 0.511 e. The van der Waals surface area contributed by atoms with E-state index in [9.17, 15) is 19.1 Å². The van der Waals surface area contributed by atoms with Crippen LogP contribution in [0.3, 0.4) is 0 Å². The smallest absolute Gasteiger partial charge is 0.449 e. The summed E-state index contributed by atoms with van der Waals surface area (Å²) in [5.41, 5.74) is 0.372. The predicted molar refractivity (Wildman–Crippen MR) is 105 cm³/mol. The van der Waals surface area contributed by atoms with Gasteiger partial charge in [-0.15, -0.1) is 0 Å². The van der Waals surface area contributed by atoms with Gasteiger partial charge in [-0.2, -0.15) is 0 Å². The average Bonchev–Trinajstić information content (AvgIpc) is 3.50. The molecule has 2 fully saturated rings. The molecular formula is C20H24FN3O5. The minimum atomic E-state index is -1.57. The fraction of sp³-hybridized carbons (Fsp3) is 0.500. The number of benzene rings is 1. The fourth-order valence-electron chi connectivity index (χ4n) is 4.07. The van der Waals surface area contributed by atoms with E-state index in [-0.39, 0.29) is 29.8 Å². The predicted octanol–water partition coefficient (Wildman–Crippen LogP) is 2.04. The molecule has 156 valence electrons. The van der Waals surface area contributed by atoms with E-state index in [0.29, 0.717) is 37.4 Å². The molecule has 0 bridgehead atoms. The van der Waals surface area contributed by atoms with E-state index in [2.05, 4.69) is 9.64 Å². The maximum atomic E-state index is 15.0. The lowest BCUT2D eigenvalue weighted by molar-refractivity contribution is 0.143. The highest BCUT2D eigenvalue weighted by Gasteiger charge is 2.29. The summed E-state index contributed by atoms with van der Waals surface area (Å²) in [6.07, 6.45) is 1.66. The first-order chi connectivity index (χ1) is 13.9. The topological polar surface area (TPSA) is 95.2 Å². The number of hydrogen-bond donors (Lipinski definition) is 2. The Labute approximate surface area is 166 Å². The standard InChI is InChI=1S/C20H24FN3O5/c1-12-10-23(5-4-22(12)6-7-25)17-9-16-14(8-15(17)21)19(26)18(29-20(27)28)11-24(16)13-2-3-13/h8-9,11-13,25H,2-7,10H2,1H3,(H,27,28). The van der Waals surface area contributed by atoms with E-state index in [1.54, 1.807) is 6.07 Å². The Morgan fingerprint density at radius 1 is 1.31 bits per heavy atom. The second-order valence-electron chi connectivity index (χ2n) is 7.70. The van der Waals surface area contributed by atoms with Gasteiger partial charge in [0.15, 0.2) is 5.75 Å². The normalized spacial score (nSPS) is 20.2. The van der Waals surface area contributed by atoms with Gasteiger partial charge in [0.25, 0.3) is 0 Å². The first-order valence-electron chi connectivity index (χ1n) is 9.78. The SMILES string of the molecule is CC1CN(c2cc3c(cc2F)c(=O)c(OC(=O)O)cn3C2CC2)CCN1CCO. The molecule has 2 aromatic rings. The van der Waals surface area contributed by atoms with Crippen molar-refractivity contribution in [2.75, 3.05) is 37.7 Å². The number of hydrogen-bond acceptors (Lipinski definition) is 6. The number of aromatic nitrogens is 1. The molecule has 2 aliphatic rings. The third-order valence-corrected chi connectivity index (χ3v) is 5.70. The average molecular weight is 405 g/mol. The van der Waals surface area contributed by atoms with Crippen LogP contribution < -0.4 is 15.1 Å². The van der Waals surface area contributed by atoms with E-state index in [0.717, 1.165) is 12.8 Å². The number of β-amino-alcohol motifs (C(OH)–C–C–N with tert-alkyl or cyclic N) is 1.